The second-order valence-electron chi connectivity index (χ2n) is 7.23. The van der Waals surface area contributed by atoms with Gasteiger partial charge in [-0.2, -0.15) is 13.2 Å². The van der Waals surface area contributed by atoms with Gasteiger partial charge in [0, 0.05) is 18.7 Å². The number of nitrogens with zero attached hydrogens (tertiary/aromatic N) is 2. The lowest BCUT2D eigenvalue weighted by molar-refractivity contribution is -0.138. The molecule has 4 nitrogen and oxygen atoms in total. The molecule has 142 valence electrons. The molecule has 1 saturated heterocycles. The van der Waals surface area contributed by atoms with E-state index in [0.29, 0.717) is 18.0 Å². The zero-order valence-corrected chi connectivity index (χ0v) is 14.7. The first-order chi connectivity index (χ1) is 12.8. The second-order valence-corrected chi connectivity index (χ2v) is 7.23. The van der Waals surface area contributed by atoms with Crippen LogP contribution in [0.4, 0.5) is 13.2 Å². The Morgan fingerprint density at radius 3 is 2.59 bits per heavy atom. The van der Waals surface area contributed by atoms with Gasteiger partial charge in [-0.15, -0.1) is 0 Å². The van der Waals surface area contributed by atoms with Crippen LogP contribution in [0.1, 0.15) is 45.0 Å². The van der Waals surface area contributed by atoms with Crippen LogP contribution in [0.15, 0.2) is 42.5 Å². The van der Waals surface area contributed by atoms with E-state index in [0.717, 1.165) is 24.5 Å². The summed E-state index contributed by atoms with van der Waals surface area (Å²) < 4.78 is 40.5. The van der Waals surface area contributed by atoms with Crippen molar-refractivity contribution >= 4 is 5.91 Å². The van der Waals surface area contributed by atoms with Crippen molar-refractivity contribution in [3.63, 3.8) is 0 Å². The van der Waals surface area contributed by atoms with Gasteiger partial charge in [0.2, 0.25) is 0 Å². The Kier molecular flexibility index (Phi) is 4.44. The number of likely N-dealkylation sites (tertiary alicyclic amines) is 1. The van der Waals surface area contributed by atoms with Crippen molar-refractivity contribution in [2.24, 2.45) is 5.84 Å². The molecule has 0 saturated carbocycles. The molecule has 2 aliphatic rings. The van der Waals surface area contributed by atoms with Gasteiger partial charge < -0.3 is 0 Å². The number of hydrogen-bond acceptors (Lipinski definition) is 3. The second kappa shape index (κ2) is 6.65. The van der Waals surface area contributed by atoms with Crippen molar-refractivity contribution in [1.29, 1.82) is 0 Å². The Labute approximate surface area is 155 Å². The lowest BCUT2D eigenvalue weighted by atomic mass is 9.98. The van der Waals surface area contributed by atoms with Crippen LogP contribution in [0.3, 0.4) is 0 Å². The molecule has 1 amide bonds. The lowest BCUT2D eigenvalue weighted by Gasteiger charge is -2.19. The Hall–Kier alpha value is -2.38. The molecule has 1 unspecified atom stereocenters. The molecular weight excluding hydrogens is 355 g/mol. The summed E-state index contributed by atoms with van der Waals surface area (Å²) in [6.45, 7) is 1.79. The van der Waals surface area contributed by atoms with E-state index in [2.05, 4.69) is 17.0 Å². The van der Waals surface area contributed by atoms with Crippen LogP contribution in [-0.4, -0.2) is 28.9 Å². The van der Waals surface area contributed by atoms with Crippen molar-refractivity contribution in [2.45, 2.75) is 31.6 Å². The normalized spacial score (nSPS) is 20.4. The Morgan fingerprint density at radius 1 is 1.15 bits per heavy atom. The van der Waals surface area contributed by atoms with E-state index in [1.807, 2.05) is 18.2 Å². The van der Waals surface area contributed by atoms with E-state index in [-0.39, 0.29) is 17.7 Å². The summed E-state index contributed by atoms with van der Waals surface area (Å²) in [5, 5.41) is 0.838. The highest BCUT2D eigenvalue weighted by atomic mass is 19.4. The molecule has 0 aliphatic carbocycles. The van der Waals surface area contributed by atoms with E-state index in [9.17, 15) is 18.0 Å². The van der Waals surface area contributed by atoms with Gasteiger partial charge in [0.15, 0.2) is 0 Å². The summed E-state index contributed by atoms with van der Waals surface area (Å²) in [6, 6.07) is 12.9. The molecule has 0 radical (unpaired) electrons. The van der Waals surface area contributed by atoms with Crippen LogP contribution in [-0.2, 0) is 19.3 Å². The third-order valence-corrected chi connectivity index (χ3v) is 5.38. The first-order valence-corrected chi connectivity index (χ1v) is 8.90. The lowest BCUT2D eigenvalue weighted by Crippen LogP contribution is -2.30. The molecule has 1 atom stereocenters. The van der Waals surface area contributed by atoms with Crippen molar-refractivity contribution in [3.05, 3.63) is 70.3 Å². The summed E-state index contributed by atoms with van der Waals surface area (Å²) in [5.74, 6) is 5.37. The third-order valence-electron chi connectivity index (χ3n) is 5.38. The highest BCUT2D eigenvalue weighted by molar-refractivity contribution is 5.98. The predicted octanol–water partition coefficient (Wildman–Crippen LogP) is 3.52. The zero-order valence-electron chi connectivity index (χ0n) is 14.7. The molecule has 27 heavy (non-hydrogen) atoms. The number of alkyl halides is 3. The van der Waals surface area contributed by atoms with Crippen molar-refractivity contribution in [1.82, 2.24) is 9.91 Å². The van der Waals surface area contributed by atoms with Gasteiger partial charge in [-0.25, -0.2) is 5.84 Å². The molecular formula is C20H20F3N3O. The summed E-state index contributed by atoms with van der Waals surface area (Å²) in [4.78, 5) is 14.3. The van der Waals surface area contributed by atoms with E-state index in [4.69, 9.17) is 5.84 Å². The number of hydrogen-bond donors (Lipinski definition) is 1. The van der Waals surface area contributed by atoms with Gasteiger partial charge in [-0.05, 0) is 47.7 Å². The molecule has 1 fully saturated rings. The first-order valence-electron chi connectivity index (χ1n) is 8.90. The third kappa shape index (κ3) is 3.44. The maximum atomic E-state index is 13.5. The van der Waals surface area contributed by atoms with Crippen LogP contribution >= 0.6 is 0 Å². The van der Waals surface area contributed by atoms with Crippen LogP contribution in [0.2, 0.25) is 0 Å². The van der Waals surface area contributed by atoms with Crippen molar-refractivity contribution in [2.75, 3.05) is 13.1 Å². The van der Waals surface area contributed by atoms with Crippen molar-refractivity contribution in [3.8, 4) is 0 Å². The zero-order chi connectivity index (χ0) is 19.2. The molecule has 0 bridgehead atoms. The van der Waals surface area contributed by atoms with Crippen LogP contribution in [0.25, 0.3) is 0 Å². The average molecular weight is 375 g/mol. The van der Waals surface area contributed by atoms with Crippen molar-refractivity contribution < 1.29 is 18.0 Å². The van der Waals surface area contributed by atoms with Crippen LogP contribution in [0.5, 0.6) is 0 Å². The summed E-state index contributed by atoms with van der Waals surface area (Å²) >= 11 is 0. The van der Waals surface area contributed by atoms with E-state index in [1.165, 1.54) is 11.6 Å². The molecule has 2 N–H and O–H groups in total. The summed E-state index contributed by atoms with van der Waals surface area (Å²) in [7, 11) is 0. The predicted molar refractivity (Wildman–Crippen MR) is 94.6 cm³/mol. The van der Waals surface area contributed by atoms with Gasteiger partial charge in [0.1, 0.15) is 0 Å². The number of carbonyl (C=O) groups excluding carboxylic acids is 1. The number of nitrogens with two attached hydrogens (primary N) is 1. The number of fused-ring (bicyclic) bond motifs is 1. The monoisotopic (exact) mass is 375 g/mol. The first kappa shape index (κ1) is 18.0. The number of benzene rings is 2. The highest BCUT2D eigenvalue weighted by Gasteiger charge is 2.39. The largest absolute Gasteiger partial charge is 0.416 e. The van der Waals surface area contributed by atoms with Gasteiger partial charge in [-0.1, -0.05) is 30.3 Å². The maximum Gasteiger partial charge on any atom is 0.416 e. The van der Waals surface area contributed by atoms with Gasteiger partial charge in [-0.3, -0.25) is 14.7 Å². The number of carbonyl (C=O) groups is 1. The average Bonchev–Trinajstić information content (AvgIpc) is 3.20. The van der Waals surface area contributed by atoms with Gasteiger partial charge >= 0.3 is 6.18 Å². The molecule has 4 rings (SSSR count). The SMILES string of the molecule is NN1Cc2c(cc(CN3CCC(c4ccccc4)C3)cc2C(F)(F)F)C1=O. The minimum Gasteiger partial charge on any atom is -0.298 e. The fourth-order valence-corrected chi connectivity index (χ4v) is 4.07. The fourth-order valence-electron chi connectivity index (χ4n) is 4.07. The van der Waals surface area contributed by atoms with Gasteiger partial charge in [0.25, 0.3) is 5.91 Å². The fraction of sp³-hybridized carbons (Fsp3) is 0.350. The quantitative estimate of drug-likeness (QED) is 0.660. The molecule has 2 aliphatic heterocycles. The minimum absolute atomic E-state index is 0.0256. The smallest absolute Gasteiger partial charge is 0.298 e. The highest BCUT2D eigenvalue weighted by Crippen LogP contribution is 2.38. The molecule has 0 spiro atoms. The molecule has 0 aromatic heterocycles. The Balaban J connectivity index is 1.58. The summed E-state index contributed by atoms with van der Waals surface area (Å²) in [5.41, 5.74) is 1.04. The number of halogens is 3. The van der Waals surface area contributed by atoms with E-state index >= 15 is 0 Å². The Bertz CT molecular complexity index is 867. The molecule has 2 aromatic carbocycles. The van der Waals surface area contributed by atoms with E-state index in [1.54, 1.807) is 6.07 Å². The maximum absolute atomic E-state index is 13.5. The van der Waals surface area contributed by atoms with E-state index < -0.39 is 17.6 Å². The number of rotatable bonds is 3. The molecule has 2 heterocycles. The Morgan fingerprint density at radius 2 is 1.89 bits per heavy atom. The molecule has 7 heteroatoms. The standard InChI is InChI=1S/C20H20F3N3O/c21-20(22,23)18-9-13(8-16-17(18)12-26(24)19(16)27)10-25-7-6-15(11-25)14-4-2-1-3-5-14/h1-5,8-9,15H,6-7,10-12,24H2. The number of amides is 1. The van der Waals surface area contributed by atoms with Gasteiger partial charge in [0.05, 0.1) is 12.1 Å². The number of hydrazine groups is 1. The minimum atomic E-state index is -4.51. The van der Waals surface area contributed by atoms with Crippen LogP contribution < -0.4 is 5.84 Å². The molecule has 2 aromatic rings. The summed E-state index contributed by atoms with van der Waals surface area (Å²) in [6.07, 6.45) is -3.54. The van der Waals surface area contributed by atoms with Crippen LogP contribution in [0, 0.1) is 0 Å². The topological polar surface area (TPSA) is 49.6 Å².